The van der Waals surface area contributed by atoms with E-state index >= 15 is 0 Å². The van der Waals surface area contributed by atoms with Crippen LogP contribution in [0, 0.1) is 13.8 Å². The molecular weight excluding hydrogens is 811 g/mol. The van der Waals surface area contributed by atoms with Crippen molar-refractivity contribution in [3.05, 3.63) is 129 Å². The fraction of sp³-hybridized carbons (Fsp3) is 0.333. The summed E-state index contributed by atoms with van der Waals surface area (Å²) >= 11 is 3.33. The molecule has 0 unspecified atom stereocenters. The van der Waals surface area contributed by atoms with Crippen LogP contribution in [0.15, 0.2) is 83.8 Å². The number of rotatable bonds is 12. The van der Waals surface area contributed by atoms with Gasteiger partial charge in [-0.3, -0.25) is 14.4 Å². The molecule has 61 heavy (non-hydrogen) atoms. The van der Waals surface area contributed by atoms with Gasteiger partial charge in [0.2, 0.25) is 0 Å². The topological polar surface area (TPSA) is 167 Å². The molecule has 318 valence electrons. The Morgan fingerprint density at radius 1 is 0.607 bits per heavy atom. The molecule has 8 rings (SSSR count). The molecule has 2 aliphatic heterocycles. The average Bonchev–Trinajstić information content (AvgIpc) is 4.10. The number of anilines is 4. The summed E-state index contributed by atoms with van der Waals surface area (Å²) in [6.07, 6.45) is 11.4. The summed E-state index contributed by atoms with van der Waals surface area (Å²) in [6, 6.07) is 16.7. The molecule has 16 heteroatoms. The lowest BCUT2D eigenvalue weighted by molar-refractivity contribution is 0.0696. The molecular formula is C45H51N9O5S2. The normalized spacial score (nSPS) is 13.9. The van der Waals surface area contributed by atoms with Gasteiger partial charge in [0.25, 0.3) is 17.7 Å². The van der Waals surface area contributed by atoms with Crippen molar-refractivity contribution in [1.29, 1.82) is 0 Å². The first kappa shape index (κ1) is 42.8. The molecule has 0 radical (unpaired) electrons. The summed E-state index contributed by atoms with van der Waals surface area (Å²) in [7, 11) is 1.59. The molecule has 2 fully saturated rings. The van der Waals surface area contributed by atoms with Crippen molar-refractivity contribution in [2.45, 2.75) is 65.5 Å². The molecule has 3 amide bonds. The smallest absolute Gasteiger partial charge is 0.335 e. The van der Waals surface area contributed by atoms with E-state index in [9.17, 15) is 19.2 Å². The Morgan fingerprint density at radius 2 is 1.02 bits per heavy atom. The van der Waals surface area contributed by atoms with Gasteiger partial charge in [0, 0.05) is 73.3 Å². The number of aromatic nitrogens is 4. The molecule has 14 nitrogen and oxygen atoms in total. The highest BCUT2D eigenvalue weighted by Crippen LogP contribution is 2.27. The van der Waals surface area contributed by atoms with Gasteiger partial charge in [0.15, 0.2) is 10.3 Å². The third-order valence-corrected chi connectivity index (χ3v) is 12.5. The van der Waals surface area contributed by atoms with Crippen molar-refractivity contribution >= 4 is 68.0 Å². The highest BCUT2D eigenvalue weighted by atomic mass is 32.1. The van der Waals surface area contributed by atoms with E-state index in [1.54, 1.807) is 66.1 Å². The van der Waals surface area contributed by atoms with Crippen LogP contribution in [0.25, 0.3) is 0 Å². The molecule has 0 spiro atoms. The zero-order valence-electron chi connectivity index (χ0n) is 34.6. The maximum absolute atomic E-state index is 12.9. The van der Waals surface area contributed by atoms with Gasteiger partial charge < -0.3 is 40.0 Å². The molecule has 6 aromatic rings. The van der Waals surface area contributed by atoms with Crippen LogP contribution in [0.4, 0.5) is 21.6 Å². The molecule has 0 aliphatic carbocycles. The summed E-state index contributed by atoms with van der Waals surface area (Å²) in [6.45, 7) is 9.27. The van der Waals surface area contributed by atoms with Crippen molar-refractivity contribution in [3.8, 4) is 0 Å². The molecule has 2 aliphatic rings. The van der Waals surface area contributed by atoms with Crippen molar-refractivity contribution in [1.82, 2.24) is 24.4 Å². The quantitative estimate of drug-likeness (QED) is 0.0950. The number of nitrogens with zero attached hydrogens (tertiary/aromatic N) is 6. The zero-order chi connectivity index (χ0) is 42.9. The van der Waals surface area contributed by atoms with Crippen molar-refractivity contribution in [3.63, 3.8) is 0 Å². The Morgan fingerprint density at radius 3 is 1.41 bits per heavy atom. The minimum absolute atomic E-state index is 0.158. The number of aromatic carboxylic acids is 1. The maximum atomic E-state index is 12.9. The van der Waals surface area contributed by atoms with E-state index in [4.69, 9.17) is 15.1 Å². The number of carbonyl (C=O) groups excluding carboxylic acids is 3. The Kier molecular flexibility index (Phi) is 14.0. The Bertz CT molecular complexity index is 2460. The van der Waals surface area contributed by atoms with E-state index in [1.807, 2.05) is 47.5 Å². The number of hydrogen-bond acceptors (Lipinski definition) is 10. The molecule has 2 saturated heterocycles. The summed E-state index contributed by atoms with van der Waals surface area (Å²) in [4.78, 5) is 62.7. The number of thiazole rings is 2. The van der Waals surface area contributed by atoms with Crippen LogP contribution in [0.3, 0.4) is 0 Å². The third-order valence-electron chi connectivity index (χ3n) is 10.6. The minimum atomic E-state index is -0.996. The number of aryl methyl sites for hydroxylation is 2. The highest BCUT2D eigenvalue weighted by Gasteiger charge is 2.20. The fourth-order valence-corrected chi connectivity index (χ4v) is 9.18. The summed E-state index contributed by atoms with van der Waals surface area (Å²) in [5.41, 5.74) is 6.97. The van der Waals surface area contributed by atoms with Gasteiger partial charge in [-0.2, -0.15) is 0 Å². The van der Waals surface area contributed by atoms with Gasteiger partial charge in [-0.15, -0.1) is 22.7 Å². The van der Waals surface area contributed by atoms with Crippen molar-refractivity contribution < 1.29 is 24.3 Å². The van der Waals surface area contributed by atoms with E-state index < -0.39 is 5.97 Å². The largest absolute Gasteiger partial charge is 0.478 e. The van der Waals surface area contributed by atoms with Gasteiger partial charge in [-0.1, -0.05) is 0 Å². The molecule has 0 atom stereocenters. The SMILES string of the molecule is CNC(=O)c1ccc(NC(=O)c2cc(C)cn2Cc2csc(N3CCCCC3)n2)cc1.Cc1cc(C(=O)Nc2ccc(C(=O)O)cc2)n(Cc2csc(N3CCCCC3)n2)c1. The number of carbonyl (C=O) groups is 4. The van der Waals surface area contributed by atoms with Crippen molar-refractivity contribution in [2.75, 3.05) is 53.7 Å². The number of carboxylic acids is 1. The van der Waals surface area contributed by atoms with Crippen molar-refractivity contribution in [2.24, 2.45) is 0 Å². The highest BCUT2D eigenvalue weighted by molar-refractivity contribution is 7.14. The molecule has 6 heterocycles. The number of hydrogen-bond donors (Lipinski definition) is 4. The monoisotopic (exact) mass is 861 g/mol. The maximum Gasteiger partial charge on any atom is 0.335 e. The first-order valence-corrected chi connectivity index (χ1v) is 22.3. The van der Waals surface area contributed by atoms with Gasteiger partial charge in [-0.05, 0) is 124 Å². The van der Waals surface area contributed by atoms with Crippen LogP contribution in [0.5, 0.6) is 0 Å². The minimum Gasteiger partial charge on any atom is -0.478 e. The van der Waals surface area contributed by atoms with Crippen LogP contribution in [-0.4, -0.2) is 81.1 Å². The Hall–Kier alpha value is -6.26. The van der Waals surface area contributed by atoms with Gasteiger partial charge >= 0.3 is 5.97 Å². The van der Waals surface area contributed by atoms with Gasteiger partial charge in [0.1, 0.15) is 11.4 Å². The fourth-order valence-electron chi connectivity index (χ4n) is 7.44. The predicted octanol–water partition coefficient (Wildman–Crippen LogP) is 8.15. The average molecular weight is 862 g/mol. The lowest BCUT2D eigenvalue weighted by Crippen LogP contribution is -2.29. The first-order valence-electron chi connectivity index (χ1n) is 20.5. The zero-order valence-corrected chi connectivity index (χ0v) is 36.3. The predicted molar refractivity (Wildman–Crippen MR) is 242 cm³/mol. The standard InChI is InChI=1S/C23H27N5O2S.C22H24N4O3S/c1-16-12-20(22(30)25-18-8-6-17(7-9-18)21(29)24-2)28(13-16)14-19-15-31-23(26-19)27-10-4-3-5-11-27;1-15-11-19(20(27)23-17-7-5-16(6-8-17)21(28)29)26(12-15)13-18-14-30-22(24-18)25-9-3-2-4-10-25/h6-9,12-13,15H,3-5,10-11,14H2,1-2H3,(H,24,29)(H,25,30);5-8,11-12,14H,2-4,9-10,13H2,1H3,(H,23,27)(H,28,29). The number of piperidine rings is 2. The third kappa shape index (κ3) is 11.1. The molecule has 0 saturated carbocycles. The number of benzene rings is 2. The molecule has 4 N–H and O–H groups in total. The van der Waals surface area contributed by atoms with Crippen LogP contribution in [0.2, 0.25) is 0 Å². The first-order chi connectivity index (χ1) is 29.5. The lowest BCUT2D eigenvalue weighted by Gasteiger charge is -2.25. The van der Waals surface area contributed by atoms with Crippen LogP contribution < -0.4 is 25.8 Å². The number of nitrogens with one attached hydrogen (secondary N) is 3. The van der Waals surface area contributed by atoms with Gasteiger partial charge in [-0.25, -0.2) is 14.8 Å². The van der Waals surface area contributed by atoms with E-state index in [0.29, 0.717) is 41.4 Å². The molecule has 0 bridgehead atoms. The molecule has 2 aromatic carbocycles. The second kappa shape index (κ2) is 19.9. The van der Waals surface area contributed by atoms with Gasteiger partial charge in [0.05, 0.1) is 30.0 Å². The molecule has 4 aromatic heterocycles. The number of carboxylic acid groups (broad SMARTS) is 1. The van der Waals surface area contributed by atoms with Crippen LogP contribution in [0.1, 0.15) is 103 Å². The Balaban J connectivity index is 0.000000184. The summed E-state index contributed by atoms with van der Waals surface area (Å²) in [5, 5.41) is 23.6. The lowest BCUT2D eigenvalue weighted by atomic mass is 10.1. The summed E-state index contributed by atoms with van der Waals surface area (Å²) in [5.74, 6) is -1.58. The van der Waals surface area contributed by atoms with Crippen LogP contribution >= 0.6 is 22.7 Å². The number of amides is 3. The second-order valence-corrected chi connectivity index (χ2v) is 17.0. The second-order valence-electron chi connectivity index (χ2n) is 15.3. The van der Waals surface area contributed by atoms with E-state index in [0.717, 1.165) is 59.0 Å². The van der Waals surface area contributed by atoms with E-state index in [-0.39, 0.29) is 23.3 Å². The van der Waals surface area contributed by atoms with Crippen LogP contribution in [-0.2, 0) is 13.1 Å². The van der Waals surface area contributed by atoms with E-state index in [1.165, 1.54) is 50.7 Å². The Labute approximate surface area is 363 Å². The summed E-state index contributed by atoms with van der Waals surface area (Å²) < 4.78 is 3.85. The van der Waals surface area contributed by atoms with E-state index in [2.05, 4.69) is 36.5 Å².